The highest BCUT2D eigenvalue weighted by Crippen LogP contribution is 2.31. The van der Waals surface area contributed by atoms with Gasteiger partial charge in [0.1, 0.15) is 5.82 Å². The number of hydrogen-bond donors (Lipinski definition) is 0. The van der Waals surface area contributed by atoms with E-state index in [4.69, 9.17) is 5.26 Å². The van der Waals surface area contributed by atoms with E-state index in [0.717, 1.165) is 10.3 Å². The number of fused-ring (bicyclic) bond motifs is 1. The minimum absolute atomic E-state index is 0.148. The van der Waals surface area contributed by atoms with Crippen molar-refractivity contribution in [3.05, 3.63) is 34.5 Å². The van der Waals surface area contributed by atoms with Crippen LogP contribution >= 0.6 is 11.3 Å². The summed E-state index contributed by atoms with van der Waals surface area (Å²) in [7, 11) is 0. The Morgan fingerprint density at radius 1 is 1.50 bits per heavy atom. The quantitative estimate of drug-likeness (QED) is 0.699. The molecule has 0 fully saturated rings. The van der Waals surface area contributed by atoms with Crippen molar-refractivity contribution in [1.29, 1.82) is 5.26 Å². The van der Waals surface area contributed by atoms with Crippen molar-refractivity contribution in [3.63, 3.8) is 0 Å². The SMILES string of the molecule is Cc1sc2c(CC#N)cccc2c1F. The normalized spacial score (nSPS) is 10.4. The molecule has 0 aliphatic carbocycles. The van der Waals surface area contributed by atoms with Crippen LogP contribution in [-0.4, -0.2) is 0 Å². The third-order valence-corrected chi connectivity index (χ3v) is 3.34. The van der Waals surface area contributed by atoms with Gasteiger partial charge in [-0.05, 0) is 12.5 Å². The number of hydrogen-bond acceptors (Lipinski definition) is 2. The number of thiophene rings is 1. The maximum atomic E-state index is 13.5. The van der Waals surface area contributed by atoms with Crippen LogP contribution in [0.4, 0.5) is 4.39 Å². The Hall–Kier alpha value is -1.40. The van der Waals surface area contributed by atoms with Crippen LogP contribution in [0.3, 0.4) is 0 Å². The first kappa shape index (κ1) is 9.17. The number of aryl methyl sites for hydroxylation is 1. The highest BCUT2D eigenvalue weighted by molar-refractivity contribution is 7.19. The molecule has 0 unspecified atom stereocenters. The lowest BCUT2D eigenvalue weighted by atomic mass is 10.1. The fourth-order valence-electron chi connectivity index (χ4n) is 1.49. The van der Waals surface area contributed by atoms with E-state index in [1.54, 1.807) is 19.1 Å². The Kier molecular flexibility index (Phi) is 2.22. The average molecular weight is 205 g/mol. The molecule has 0 bridgehead atoms. The summed E-state index contributed by atoms with van der Waals surface area (Å²) in [6.45, 7) is 1.76. The maximum Gasteiger partial charge on any atom is 0.144 e. The van der Waals surface area contributed by atoms with Crippen molar-refractivity contribution in [3.8, 4) is 6.07 Å². The number of rotatable bonds is 1. The molecule has 0 aliphatic rings. The number of nitrogens with zero attached hydrogens (tertiary/aromatic N) is 1. The largest absolute Gasteiger partial charge is 0.205 e. The summed E-state index contributed by atoms with van der Waals surface area (Å²) in [5, 5.41) is 9.26. The van der Waals surface area contributed by atoms with Gasteiger partial charge in [0.15, 0.2) is 0 Å². The molecule has 1 nitrogen and oxygen atoms in total. The molecule has 0 aliphatic heterocycles. The zero-order chi connectivity index (χ0) is 10.1. The summed E-state index contributed by atoms with van der Waals surface area (Å²) in [5.74, 6) is -0.148. The molecule has 0 saturated heterocycles. The van der Waals surface area contributed by atoms with Gasteiger partial charge in [-0.2, -0.15) is 5.26 Å². The van der Waals surface area contributed by atoms with Crippen molar-refractivity contribution in [2.45, 2.75) is 13.3 Å². The monoisotopic (exact) mass is 205 g/mol. The van der Waals surface area contributed by atoms with Gasteiger partial charge in [0, 0.05) is 15.0 Å². The molecule has 14 heavy (non-hydrogen) atoms. The minimum atomic E-state index is -0.148. The first-order chi connectivity index (χ1) is 6.74. The number of benzene rings is 1. The van der Waals surface area contributed by atoms with Gasteiger partial charge in [0.2, 0.25) is 0 Å². The van der Waals surface area contributed by atoms with E-state index in [-0.39, 0.29) is 5.82 Å². The summed E-state index contributed by atoms with van der Waals surface area (Å²) in [5.41, 5.74) is 0.919. The van der Waals surface area contributed by atoms with Crippen molar-refractivity contribution >= 4 is 21.4 Å². The molecule has 1 aromatic heterocycles. The molecule has 70 valence electrons. The second-order valence-electron chi connectivity index (χ2n) is 3.10. The zero-order valence-electron chi connectivity index (χ0n) is 7.67. The lowest BCUT2D eigenvalue weighted by Gasteiger charge is -1.95. The standard InChI is InChI=1S/C11H8FNS/c1-7-10(12)9-4-2-3-8(5-6-13)11(9)14-7/h2-4H,5H2,1H3. The molecule has 0 atom stereocenters. The van der Waals surface area contributed by atoms with Gasteiger partial charge in [-0.3, -0.25) is 0 Å². The second kappa shape index (κ2) is 3.39. The highest BCUT2D eigenvalue weighted by Gasteiger charge is 2.10. The molecule has 0 N–H and O–H groups in total. The highest BCUT2D eigenvalue weighted by atomic mass is 32.1. The van der Waals surface area contributed by atoms with Crippen molar-refractivity contribution in [1.82, 2.24) is 0 Å². The summed E-state index contributed by atoms with van der Waals surface area (Å²) in [4.78, 5) is 0.686. The van der Waals surface area contributed by atoms with Crippen molar-refractivity contribution < 1.29 is 4.39 Å². The van der Waals surface area contributed by atoms with Gasteiger partial charge in [0.25, 0.3) is 0 Å². The van der Waals surface area contributed by atoms with E-state index in [1.807, 2.05) is 6.07 Å². The Bertz CT molecular complexity index is 522. The van der Waals surface area contributed by atoms with Crippen LogP contribution < -0.4 is 0 Å². The third kappa shape index (κ3) is 1.28. The fourth-order valence-corrected chi connectivity index (χ4v) is 2.53. The minimum Gasteiger partial charge on any atom is -0.205 e. The van der Waals surface area contributed by atoms with Crippen LogP contribution in [0.25, 0.3) is 10.1 Å². The maximum absolute atomic E-state index is 13.5. The summed E-state index contributed by atoms with van der Waals surface area (Å²) in [6.07, 6.45) is 0.344. The van der Waals surface area contributed by atoms with Crippen molar-refractivity contribution in [2.24, 2.45) is 0 Å². The molecule has 0 spiro atoms. The second-order valence-corrected chi connectivity index (χ2v) is 4.33. The van der Waals surface area contributed by atoms with E-state index in [2.05, 4.69) is 6.07 Å². The van der Waals surface area contributed by atoms with E-state index >= 15 is 0 Å². The van der Waals surface area contributed by atoms with Crippen LogP contribution in [-0.2, 0) is 6.42 Å². The molecular weight excluding hydrogens is 197 g/mol. The topological polar surface area (TPSA) is 23.8 Å². The Labute approximate surface area is 85.4 Å². The third-order valence-electron chi connectivity index (χ3n) is 2.17. The van der Waals surface area contributed by atoms with E-state index in [9.17, 15) is 4.39 Å². The predicted octanol–water partition coefficient (Wildman–Crippen LogP) is 3.41. The van der Waals surface area contributed by atoms with Gasteiger partial charge in [-0.1, -0.05) is 18.2 Å². The molecule has 3 heteroatoms. The van der Waals surface area contributed by atoms with E-state index in [1.165, 1.54) is 11.3 Å². The van der Waals surface area contributed by atoms with Gasteiger partial charge < -0.3 is 0 Å². The van der Waals surface area contributed by atoms with E-state index < -0.39 is 0 Å². The summed E-state index contributed by atoms with van der Waals surface area (Å²) >= 11 is 1.42. The molecule has 0 saturated carbocycles. The van der Waals surface area contributed by atoms with Crippen LogP contribution in [0.1, 0.15) is 10.4 Å². The molecule has 1 heterocycles. The lowest BCUT2D eigenvalue weighted by molar-refractivity contribution is 0.636. The number of nitriles is 1. The molecule has 0 amide bonds. The van der Waals surface area contributed by atoms with Crippen LogP contribution in [0.2, 0.25) is 0 Å². The van der Waals surface area contributed by atoms with Crippen molar-refractivity contribution in [2.75, 3.05) is 0 Å². The zero-order valence-corrected chi connectivity index (χ0v) is 8.49. The molecule has 2 rings (SSSR count). The predicted molar refractivity (Wildman–Crippen MR) is 55.8 cm³/mol. The van der Waals surface area contributed by atoms with Crippen LogP contribution in [0.5, 0.6) is 0 Å². The van der Waals surface area contributed by atoms with Gasteiger partial charge in [-0.25, -0.2) is 4.39 Å². The summed E-state index contributed by atoms with van der Waals surface area (Å²) in [6, 6.07) is 7.52. The van der Waals surface area contributed by atoms with Crippen LogP contribution in [0, 0.1) is 24.1 Å². The Morgan fingerprint density at radius 2 is 2.29 bits per heavy atom. The summed E-state index contributed by atoms with van der Waals surface area (Å²) < 4.78 is 14.4. The lowest BCUT2D eigenvalue weighted by Crippen LogP contribution is -1.80. The fraction of sp³-hybridized carbons (Fsp3) is 0.182. The van der Waals surface area contributed by atoms with Gasteiger partial charge >= 0.3 is 0 Å². The van der Waals surface area contributed by atoms with Gasteiger partial charge in [0.05, 0.1) is 12.5 Å². The van der Waals surface area contributed by atoms with E-state index in [0.29, 0.717) is 16.7 Å². The molecule has 1 aromatic carbocycles. The Morgan fingerprint density at radius 3 is 3.00 bits per heavy atom. The van der Waals surface area contributed by atoms with Crippen LogP contribution in [0.15, 0.2) is 18.2 Å². The molecule has 0 radical (unpaired) electrons. The first-order valence-electron chi connectivity index (χ1n) is 4.27. The molecule has 2 aromatic rings. The number of halogens is 1. The first-order valence-corrected chi connectivity index (χ1v) is 5.09. The smallest absolute Gasteiger partial charge is 0.144 e. The average Bonchev–Trinajstić information content (AvgIpc) is 2.46. The molecular formula is C11H8FNS. The Balaban J connectivity index is 2.76. The van der Waals surface area contributed by atoms with Gasteiger partial charge in [-0.15, -0.1) is 11.3 Å².